The van der Waals surface area contributed by atoms with Crippen molar-refractivity contribution in [2.75, 3.05) is 25.0 Å². The van der Waals surface area contributed by atoms with Crippen molar-refractivity contribution in [1.29, 1.82) is 0 Å². The molecule has 5 rings (SSSR count). The summed E-state index contributed by atoms with van der Waals surface area (Å²) in [5, 5.41) is 6.70. The Kier molecular flexibility index (Phi) is 3.58. The standard InChI is InChI=1S/C20H23N3O3/c24-18-16-5-1-2-6-17(16)21-20(22-18)13-19(26-14-20)7-9-23(10-8-19)12-15-4-3-11-25-15/h1-6,11,21H,7-10,12-14H2,(H,22,24)/t20-/m0/s1. The number of piperidine rings is 1. The van der Waals surface area contributed by atoms with Gasteiger partial charge in [-0.2, -0.15) is 0 Å². The molecular formula is C20H23N3O3. The number of para-hydroxylation sites is 1. The molecule has 4 heterocycles. The van der Waals surface area contributed by atoms with Crippen molar-refractivity contribution in [3.8, 4) is 0 Å². The Morgan fingerprint density at radius 3 is 2.73 bits per heavy atom. The Bertz CT molecular complexity index is 811. The maximum atomic E-state index is 12.5. The molecule has 1 atom stereocenters. The summed E-state index contributed by atoms with van der Waals surface area (Å²) in [5.74, 6) is 0.984. The number of rotatable bonds is 2. The minimum atomic E-state index is -0.491. The molecule has 0 saturated carbocycles. The molecule has 0 bridgehead atoms. The zero-order valence-electron chi connectivity index (χ0n) is 14.7. The molecule has 26 heavy (non-hydrogen) atoms. The summed E-state index contributed by atoms with van der Waals surface area (Å²) in [6, 6.07) is 11.6. The molecule has 2 saturated heterocycles. The number of nitrogens with one attached hydrogen (secondary N) is 2. The lowest BCUT2D eigenvalue weighted by atomic mass is 9.84. The molecular weight excluding hydrogens is 330 g/mol. The number of nitrogens with zero attached hydrogens (tertiary/aromatic N) is 1. The average Bonchev–Trinajstić information content (AvgIpc) is 3.26. The Balaban J connectivity index is 1.27. The number of fused-ring (bicyclic) bond motifs is 1. The van der Waals surface area contributed by atoms with E-state index in [2.05, 4.69) is 15.5 Å². The average molecular weight is 353 g/mol. The number of benzene rings is 1. The van der Waals surface area contributed by atoms with E-state index in [4.69, 9.17) is 9.15 Å². The number of furan rings is 1. The molecule has 2 spiro atoms. The fourth-order valence-electron chi connectivity index (χ4n) is 4.52. The van der Waals surface area contributed by atoms with Crippen LogP contribution in [-0.2, 0) is 11.3 Å². The van der Waals surface area contributed by atoms with E-state index in [-0.39, 0.29) is 11.5 Å². The predicted octanol–water partition coefficient (Wildman–Crippen LogP) is 2.59. The molecule has 0 aliphatic carbocycles. The van der Waals surface area contributed by atoms with E-state index in [9.17, 15) is 4.79 Å². The Morgan fingerprint density at radius 2 is 1.92 bits per heavy atom. The Morgan fingerprint density at radius 1 is 1.08 bits per heavy atom. The van der Waals surface area contributed by atoms with Gasteiger partial charge in [-0.15, -0.1) is 0 Å². The van der Waals surface area contributed by atoms with Crippen LogP contribution >= 0.6 is 0 Å². The first-order chi connectivity index (χ1) is 12.7. The molecule has 6 nitrogen and oxygen atoms in total. The summed E-state index contributed by atoms with van der Waals surface area (Å²) in [7, 11) is 0. The summed E-state index contributed by atoms with van der Waals surface area (Å²) in [6.07, 6.45) is 4.46. The monoisotopic (exact) mass is 353 g/mol. The third-order valence-corrected chi connectivity index (χ3v) is 5.87. The summed E-state index contributed by atoms with van der Waals surface area (Å²) >= 11 is 0. The maximum absolute atomic E-state index is 12.5. The van der Waals surface area contributed by atoms with Gasteiger partial charge in [-0.25, -0.2) is 0 Å². The molecule has 1 aromatic carbocycles. The number of carbonyl (C=O) groups excluding carboxylic acids is 1. The van der Waals surface area contributed by atoms with Gasteiger partial charge in [-0.1, -0.05) is 12.1 Å². The summed E-state index contributed by atoms with van der Waals surface area (Å²) in [4.78, 5) is 14.9. The molecule has 0 radical (unpaired) electrons. The first-order valence-electron chi connectivity index (χ1n) is 9.24. The van der Waals surface area contributed by atoms with Crippen LogP contribution < -0.4 is 10.6 Å². The third kappa shape index (κ3) is 2.70. The van der Waals surface area contributed by atoms with Crippen LogP contribution in [0, 0.1) is 0 Å². The molecule has 2 aromatic rings. The highest BCUT2D eigenvalue weighted by Gasteiger charge is 2.53. The van der Waals surface area contributed by atoms with Crippen molar-refractivity contribution >= 4 is 11.6 Å². The van der Waals surface area contributed by atoms with Crippen molar-refractivity contribution in [3.63, 3.8) is 0 Å². The predicted molar refractivity (Wildman–Crippen MR) is 96.8 cm³/mol. The van der Waals surface area contributed by atoms with Gasteiger partial charge in [-0.3, -0.25) is 9.69 Å². The molecule has 3 aliphatic heterocycles. The van der Waals surface area contributed by atoms with Gasteiger partial charge in [-0.05, 0) is 37.1 Å². The second-order valence-corrected chi connectivity index (χ2v) is 7.71. The quantitative estimate of drug-likeness (QED) is 0.869. The molecule has 6 heteroatoms. The fourth-order valence-corrected chi connectivity index (χ4v) is 4.52. The zero-order valence-corrected chi connectivity index (χ0v) is 14.7. The van der Waals surface area contributed by atoms with E-state index >= 15 is 0 Å². The maximum Gasteiger partial charge on any atom is 0.255 e. The second kappa shape index (κ2) is 5.86. The van der Waals surface area contributed by atoms with Crippen LogP contribution in [0.3, 0.4) is 0 Å². The van der Waals surface area contributed by atoms with Crippen LogP contribution in [0.2, 0.25) is 0 Å². The van der Waals surface area contributed by atoms with Gasteiger partial charge < -0.3 is 19.8 Å². The van der Waals surface area contributed by atoms with Crippen molar-refractivity contribution in [3.05, 3.63) is 54.0 Å². The number of carbonyl (C=O) groups is 1. The van der Waals surface area contributed by atoms with Gasteiger partial charge in [0.15, 0.2) is 0 Å². The first kappa shape index (κ1) is 15.9. The second-order valence-electron chi connectivity index (χ2n) is 7.71. The number of amides is 1. The smallest absolute Gasteiger partial charge is 0.255 e. The normalized spacial score (nSPS) is 27.3. The van der Waals surface area contributed by atoms with Gasteiger partial charge in [0.2, 0.25) is 0 Å². The lowest BCUT2D eigenvalue weighted by Gasteiger charge is -2.40. The highest BCUT2D eigenvalue weighted by atomic mass is 16.5. The van der Waals surface area contributed by atoms with Crippen LogP contribution in [0.25, 0.3) is 0 Å². The number of hydrogen-bond acceptors (Lipinski definition) is 5. The summed E-state index contributed by atoms with van der Waals surface area (Å²) in [6.45, 7) is 3.30. The largest absolute Gasteiger partial charge is 0.468 e. The fraction of sp³-hybridized carbons (Fsp3) is 0.450. The Labute approximate surface area is 152 Å². The van der Waals surface area contributed by atoms with Crippen LogP contribution in [-0.4, -0.2) is 41.8 Å². The minimum Gasteiger partial charge on any atom is -0.468 e. The first-order valence-corrected chi connectivity index (χ1v) is 9.24. The van der Waals surface area contributed by atoms with Crippen molar-refractivity contribution in [1.82, 2.24) is 10.2 Å². The van der Waals surface area contributed by atoms with E-state index in [1.54, 1.807) is 6.26 Å². The van der Waals surface area contributed by atoms with Gasteiger partial charge in [0, 0.05) is 25.2 Å². The van der Waals surface area contributed by atoms with Crippen molar-refractivity contribution < 1.29 is 13.9 Å². The van der Waals surface area contributed by atoms with E-state index < -0.39 is 5.66 Å². The number of anilines is 1. The SMILES string of the molecule is O=C1N[C@@]2(COC3(CCN(Cc4ccco4)CC3)C2)Nc2ccccc21. The van der Waals surface area contributed by atoms with E-state index in [1.165, 1.54) is 0 Å². The van der Waals surface area contributed by atoms with Crippen LogP contribution in [0.4, 0.5) is 5.69 Å². The Hall–Kier alpha value is -2.31. The highest BCUT2D eigenvalue weighted by Crippen LogP contribution is 2.42. The molecule has 1 aromatic heterocycles. The number of ether oxygens (including phenoxy) is 1. The van der Waals surface area contributed by atoms with E-state index in [0.717, 1.165) is 50.3 Å². The van der Waals surface area contributed by atoms with Crippen molar-refractivity contribution in [2.24, 2.45) is 0 Å². The van der Waals surface area contributed by atoms with Crippen LogP contribution in [0.5, 0.6) is 0 Å². The zero-order chi connectivity index (χ0) is 17.6. The summed E-state index contributed by atoms with van der Waals surface area (Å²) < 4.78 is 11.8. The molecule has 2 N–H and O–H groups in total. The lowest BCUT2D eigenvalue weighted by Crippen LogP contribution is -2.59. The molecule has 1 amide bonds. The van der Waals surface area contributed by atoms with E-state index in [1.807, 2.05) is 36.4 Å². The highest BCUT2D eigenvalue weighted by molar-refractivity contribution is 6.02. The topological polar surface area (TPSA) is 66.7 Å². The third-order valence-electron chi connectivity index (χ3n) is 5.87. The number of hydrogen-bond donors (Lipinski definition) is 2. The minimum absolute atomic E-state index is 0.0183. The molecule has 0 unspecified atom stereocenters. The van der Waals surface area contributed by atoms with Gasteiger partial charge in [0.05, 0.1) is 30.6 Å². The summed E-state index contributed by atoms with van der Waals surface area (Å²) in [5.41, 5.74) is 0.945. The van der Waals surface area contributed by atoms with Crippen LogP contribution in [0.1, 0.15) is 35.4 Å². The van der Waals surface area contributed by atoms with Gasteiger partial charge >= 0.3 is 0 Å². The number of likely N-dealkylation sites (tertiary alicyclic amines) is 1. The van der Waals surface area contributed by atoms with Gasteiger partial charge in [0.1, 0.15) is 11.4 Å². The van der Waals surface area contributed by atoms with Crippen molar-refractivity contribution in [2.45, 2.75) is 37.1 Å². The molecule has 2 fully saturated rings. The lowest BCUT2D eigenvalue weighted by molar-refractivity contribution is -0.0461. The molecule has 136 valence electrons. The van der Waals surface area contributed by atoms with Gasteiger partial charge in [0.25, 0.3) is 5.91 Å². The van der Waals surface area contributed by atoms with Crippen LogP contribution in [0.15, 0.2) is 47.1 Å². The molecule has 3 aliphatic rings. The van der Waals surface area contributed by atoms with E-state index in [0.29, 0.717) is 12.2 Å².